The first-order chi connectivity index (χ1) is 16.1. The van der Waals surface area contributed by atoms with E-state index in [0.29, 0.717) is 31.6 Å². The van der Waals surface area contributed by atoms with E-state index >= 15 is 0 Å². The van der Waals surface area contributed by atoms with Crippen LogP contribution in [0.1, 0.15) is 48.2 Å². The normalized spacial score (nSPS) is 18.7. The van der Waals surface area contributed by atoms with E-state index in [2.05, 4.69) is 26.9 Å². The molecule has 2 atom stereocenters. The van der Waals surface area contributed by atoms with Crippen LogP contribution in [-0.4, -0.2) is 52.4 Å². The van der Waals surface area contributed by atoms with Crippen molar-refractivity contribution in [2.45, 2.75) is 51.9 Å². The van der Waals surface area contributed by atoms with Crippen LogP contribution in [0.2, 0.25) is 0 Å². The Labute approximate surface area is 193 Å². The number of carbonyl (C=O) groups excluding carboxylic acids is 1. The molecule has 3 heterocycles. The Kier molecular flexibility index (Phi) is 7.48. The number of amides is 1. The van der Waals surface area contributed by atoms with E-state index in [1.165, 1.54) is 6.21 Å². The molecular formula is C22H24F4N6O2. The highest BCUT2D eigenvalue weighted by Crippen LogP contribution is 2.32. The highest BCUT2D eigenvalue weighted by atomic mass is 19.4. The number of carbonyl (C=O) groups is 1. The van der Waals surface area contributed by atoms with Crippen LogP contribution in [0.5, 0.6) is 5.88 Å². The molecule has 12 heteroatoms. The van der Waals surface area contributed by atoms with Gasteiger partial charge in [-0.25, -0.2) is 14.4 Å². The first-order valence-electron chi connectivity index (χ1n) is 10.5. The third-order valence-corrected chi connectivity index (χ3v) is 5.36. The van der Waals surface area contributed by atoms with Crippen molar-refractivity contribution in [2.24, 2.45) is 10.2 Å². The van der Waals surface area contributed by atoms with Gasteiger partial charge in [0.05, 0.1) is 17.2 Å². The van der Waals surface area contributed by atoms with Crippen molar-refractivity contribution in [1.82, 2.24) is 14.9 Å². The van der Waals surface area contributed by atoms with E-state index < -0.39 is 35.6 Å². The van der Waals surface area contributed by atoms with E-state index in [0.717, 1.165) is 10.7 Å². The average molecular weight is 480 g/mol. The Morgan fingerprint density at radius 2 is 2.06 bits per heavy atom. The van der Waals surface area contributed by atoms with E-state index in [4.69, 9.17) is 4.74 Å². The first-order valence-corrected chi connectivity index (χ1v) is 10.5. The number of hydrogen-bond donors (Lipinski definition) is 0. The summed E-state index contributed by atoms with van der Waals surface area (Å²) in [6, 6.07) is 1.47. The Bertz CT molecular complexity index is 1090. The van der Waals surface area contributed by atoms with Gasteiger partial charge in [-0.1, -0.05) is 0 Å². The molecule has 1 aliphatic heterocycles. The van der Waals surface area contributed by atoms with Crippen LogP contribution in [0.3, 0.4) is 0 Å². The van der Waals surface area contributed by atoms with Crippen molar-refractivity contribution in [3.05, 3.63) is 47.0 Å². The number of hydrogen-bond acceptors (Lipinski definition) is 7. The maximum atomic E-state index is 14.3. The Morgan fingerprint density at radius 3 is 2.68 bits per heavy atom. The Balaban J connectivity index is 1.86. The van der Waals surface area contributed by atoms with Gasteiger partial charge in [0.1, 0.15) is 6.10 Å². The van der Waals surface area contributed by atoms with Crippen LogP contribution in [0.15, 0.2) is 34.7 Å². The summed E-state index contributed by atoms with van der Waals surface area (Å²) < 4.78 is 58.3. The largest absolute Gasteiger partial charge is 0.470 e. The number of halogens is 4. The van der Waals surface area contributed by atoms with Gasteiger partial charge in [0.2, 0.25) is 0 Å². The molecular weight excluding hydrogens is 456 g/mol. The third kappa shape index (κ3) is 5.32. The number of aromatic nitrogens is 2. The Morgan fingerprint density at radius 1 is 1.32 bits per heavy atom. The molecule has 3 rings (SSSR count). The summed E-state index contributed by atoms with van der Waals surface area (Å²) >= 11 is 0. The molecule has 2 aromatic rings. The predicted molar refractivity (Wildman–Crippen MR) is 119 cm³/mol. The number of ether oxygens (including phenoxy) is 1. The number of anilines is 1. The fraction of sp³-hybridized carbons (Fsp3) is 0.409. The number of alkyl halides is 3. The molecule has 34 heavy (non-hydrogen) atoms. The molecule has 0 spiro atoms. The average Bonchev–Trinajstić information content (AvgIpc) is 2.79. The standard InChI is InChI=1S/C22H24F4N6O2/c1-5-30-32(27-4)19-16(9-13(2)11-28-19)21(33)31-8-6-7-18(14(31)3)34-20-17(23)10-15(12-29-20)22(24,25)26/h5,9-12,14,18H,4,6-8H2,1-3H3/b30-5-/t14-,18+/m0/s1. The lowest BCUT2D eigenvalue weighted by atomic mass is 9.98. The minimum Gasteiger partial charge on any atom is -0.470 e. The van der Waals surface area contributed by atoms with Crippen LogP contribution in [0.25, 0.3) is 0 Å². The molecule has 8 nitrogen and oxygen atoms in total. The minimum atomic E-state index is -4.72. The number of piperidine rings is 1. The van der Waals surface area contributed by atoms with Gasteiger partial charge in [0.25, 0.3) is 11.8 Å². The molecule has 1 amide bonds. The van der Waals surface area contributed by atoms with Gasteiger partial charge in [-0.15, -0.1) is 5.12 Å². The molecule has 0 radical (unpaired) electrons. The van der Waals surface area contributed by atoms with Gasteiger partial charge in [0, 0.05) is 31.9 Å². The van der Waals surface area contributed by atoms with Gasteiger partial charge in [0.15, 0.2) is 11.6 Å². The zero-order chi connectivity index (χ0) is 25.0. The SMILES string of the molecule is C=NN(/N=C\C)c1ncc(C)cc1C(=O)N1CCC[C@@H](Oc2ncc(C(F)(F)F)cc2F)[C@@H]1C. The summed E-state index contributed by atoms with van der Waals surface area (Å²) in [7, 11) is 0. The van der Waals surface area contributed by atoms with Crippen LogP contribution in [0, 0.1) is 12.7 Å². The van der Waals surface area contributed by atoms with E-state index in [-0.39, 0.29) is 17.3 Å². The van der Waals surface area contributed by atoms with Gasteiger partial charge in [-0.2, -0.15) is 23.4 Å². The number of aryl methyl sites for hydroxylation is 1. The van der Waals surface area contributed by atoms with Crippen molar-refractivity contribution in [3.8, 4) is 5.88 Å². The van der Waals surface area contributed by atoms with Crippen LogP contribution in [0.4, 0.5) is 23.4 Å². The lowest BCUT2D eigenvalue weighted by Gasteiger charge is -2.39. The highest BCUT2D eigenvalue weighted by Gasteiger charge is 2.36. The zero-order valence-electron chi connectivity index (χ0n) is 18.9. The quantitative estimate of drug-likeness (QED) is 0.347. The summed E-state index contributed by atoms with van der Waals surface area (Å²) in [4.78, 5) is 22.8. The monoisotopic (exact) mass is 480 g/mol. The van der Waals surface area contributed by atoms with Gasteiger partial charge < -0.3 is 9.64 Å². The second kappa shape index (κ2) is 10.1. The lowest BCUT2D eigenvalue weighted by molar-refractivity contribution is -0.138. The summed E-state index contributed by atoms with van der Waals surface area (Å²) in [5, 5.41) is 8.97. The minimum absolute atomic E-state index is 0.189. The maximum Gasteiger partial charge on any atom is 0.417 e. The molecule has 1 aliphatic rings. The molecule has 0 saturated carbocycles. The molecule has 0 aliphatic carbocycles. The van der Waals surface area contributed by atoms with Gasteiger partial charge in [-0.05, 0) is 51.3 Å². The highest BCUT2D eigenvalue weighted by molar-refractivity contribution is 5.99. The molecule has 1 fully saturated rings. The van der Waals surface area contributed by atoms with Crippen LogP contribution < -0.4 is 9.85 Å². The van der Waals surface area contributed by atoms with E-state index in [9.17, 15) is 22.4 Å². The molecule has 0 unspecified atom stereocenters. The number of likely N-dealkylation sites (tertiary alicyclic amines) is 1. The number of hydrazone groups is 2. The van der Waals surface area contributed by atoms with E-state index in [1.807, 2.05) is 0 Å². The molecule has 2 aromatic heterocycles. The first kappa shape index (κ1) is 25.1. The Hall–Kier alpha value is -3.57. The van der Waals surface area contributed by atoms with Gasteiger partial charge in [-0.3, -0.25) is 4.79 Å². The summed E-state index contributed by atoms with van der Waals surface area (Å²) in [6.07, 6.45) is -0.835. The smallest absolute Gasteiger partial charge is 0.417 e. The molecule has 1 saturated heterocycles. The number of nitrogens with zero attached hydrogens (tertiary/aromatic N) is 6. The summed E-state index contributed by atoms with van der Waals surface area (Å²) in [5.41, 5.74) is -0.227. The van der Waals surface area contributed by atoms with Crippen molar-refractivity contribution >= 4 is 24.7 Å². The maximum absolute atomic E-state index is 14.3. The predicted octanol–water partition coefficient (Wildman–Crippen LogP) is 4.44. The number of pyridine rings is 2. The topological polar surface area (TPSA) is 83.3 Å². The zero-order valence-corrected chi connectivity index (χ0v) is 18.9. The van der Waals surface area contributed by atoms with Gasteiger partial charge >= 0.3 is 6.18 Å². The fourth-order valence-electron chi connectivity index (χ4n) is 3.66. The summed E-state index contributed by atoms with van der Waals surface area (Å²) in [6.45, 7) is 9.04. The van der Waals surface area contributed by atoms with Crippen molar-refractivity contribution in [3.63, 3.8) is 0 Å². The second-order valence-electron chi connectivity index (χ2n) is 7.73. The lowest BCUT2D eigenvalue weighted by Crippen LogP contribution is -2.51. The van der Waals surface area contributed by atoms with Crippen molar-refractivity contribution in [1.29, 1.82) is 0 Å². The molecule has 0 bridgehead atoms. The summed E-state index contributed by atoms with van der Waals surface area (Å²) in [5.74, 6) is -1.95. The van der Waals surface area contributed by atoms with Crippen LogP contribution >= 0.6 is 0 Å². The molecule has 0 N–H and O–H groups in total. The van der Waals surface area contributed by atoms with Crippen molar-refractivity contribution < 1.29 is 27.1 Å². The third-order valence-electron chi connectivity index (χ3n) is 5.36. The van der Waals surface area contributed by atoms with Crippen LogP contribution in [-0.2, 0) is 6.18 Å². The second-order valence-corrected chi connectivity index (χ2v) is 7.73. The van der Waals surface area contributed by atoms with Crippen molar-refractivity contribution in [2.75, 3.05) is 11.7 Å². The number of rotatable bonds is 6. The van der Waals surface area contributed by atoms with E-state index in [1.54, 1.807) is 37.9 Å². The molecule has 0 aromatic carbocycles. The fourth-order valence-corrected chi connectivity index (χ4v) is 3.66. The molecule has 182 valence electrons.